The van der Waals surface area contributed by atoms with Crippen LogP contribution in [0.25, 0.3) is 0 Å². The van der Waals surface area contributed by atoms with E-state index in [0.29, 0.717) is 17.2 Å². The number of likely N-dealkylation sites (tertiary alicyclic amines) is 2. The third-order valence-electron chi connectivity index (χ3n) is 6.46. The molecule has 1 aromatic rings. The summed E-state index contributed by atoms with van der Waals surface area (Å²) < 4.78 is 5.96. The number of piperidine rings is 1. The molecule has 1 spiro atoms. The standard InChI is InChI=1S/C21H31N3O2/c1-16-4-3-5-19(22-16)20(25)24-10-8-21(9-11-24)12-18(23(2)15-21)14-26-13-17-6-7-17/h3-5,17-18H,6-15H2,1-2H3/t18-/m0/s1. The monoisotopic (exact) mass is 357 g/mol. The van der Waals surface area contributed by atoms with E-state index in [1.165, 1.54) is 19.3 Å². The van der Waals surface area contributed by atoms with Crippen LogP contribution in [0.4, 0.5) is 0 Å². The Morgan fingerprint density at radius 3 is 2.73 bits per heavy atom. The highest BCUT2D eigenvalue weighted by atomic mass is 16.5. The molecule has 1 saturated carbocycles. The van der Waals surface area contributed by atoms with Gasteiger partial charge in [-0.3, -0.25) is 4.79 Å². The first-order chi connectivity index (χ1) is 12.5. The number of hydrogen-bond acceptors (Lipinski definition) is 4. The highest BCUT2D eigenvalue weighted by molar-refractivity contribution is 5.92. The Labute approximate surface area is 156 Å². The fourth-order valence-electron chi connectivity index (χ4n) is 4.59. The van der Waals surface area contributed by atoms with Crippen LogP contribution in [0.15, 0.2) is 18.2 Å². The van der Waals surface area contributed by atoms with Crippen molar-refractivity contribution in [3.8, 4) is 0 Å². The molecular formula is C21H31N3O2. The average Bonchev–Trinajstić information content (AvgIpc) is 3.40. The molecule has 0 bridgehead atoms. The first-order valence-corrected chi connectivity index (χ1v) is 10.1. The van der Waals surface area contributed by atoms with Gasteiger partial charge in [-0.25, -0.2) is 4.98 Å². The van der Waals surface area contributed by atoms with Crippen LogP contribution in [0.3, 0.4) is 0 Å². The van der Waals surface area contributed by atoms with Gasteiger partial charge in [-0.15, -0.1) is 0 Å². The van der Waals surface area contributed by atoms with Crippen molar-refractivity contribution < 1.29 is 9.53 Å². The molecule has 3 fully saturated rings. The molecule has 2 saturated heterocycles. The molecule has 1 atom stereocenters. The maximum absolute atomic E-state index is 12.7. The number of aryl methyl sites for hydroxylation is 1. The lowest BCUT2D eigenvalue weighted by Crippen LogP contribution is -2.44. The lowest BCUT2D eigenvalue weighted by Gasteiger charge is -2.39. The van der Waals surface area contributed by atoms with Crippen LogP contribution < -0.4 is 0 Å². The van der Waals surface area contributed by atoms with Gasteiger partial charge >= 0.3 is 0 Å². The molecule has 0 aromatic carbocycles. The van der Waals surface area contributed by atoms with Crippen molar-refractivity contribution in [2.24, 2.45) is 11.3 Å². The minimum atomic E-state index is 0.0826. The van der Waals surface area contributed by atoms with Crippen molar-refractivity contribution in [1.82, 2.24) is 14.8 Å². The van der Waals surface area contributed by atoms with Crippen LogP contribution in [-0.2, 0) is 4.74 Å². The van der Waals surface area contributed by atoms with Crippen LogP contribution in [0.2, 0.25) is 0 Å². The van der Waals surface area contributed by atoms with Crippen molar-refractivity contribution in [2.45, 2.75) is 45.1 Å². The van der Waals surface area contributed by atoms with Gasteiger partial charge in [0, 0.05) is 38.0 Å². The minimum Gasteiger partial charge on any atom is -0.380 e. The van der Waals surface area contributed by atoms with Gasteiger partial charge in [0.2, 0.25) is 0 Å². The summed E-state index contributed by atoms with van der Waals surface area (Å²) in [4.78, 5) is 21.6. The van der Waals surface area contributed by atoms with E-state index in [0.717, 1.165) is 57.3 Å². The van der Waals surface area contributed by atoms with E-state index in [-0.39, 0.29) is 5.91 Å². The van der Waals surface area contributed by atoms with Gasteiger partial charge in [0.15, 0.2) is 0 Å². The zero-order valence-electron chi connectivity index (χ0n) is 16.1. The fraction of sp³-hybridized carbons (Fsp3) is 0.714. The number of likely N-dealkylation sites (N-methyl/N-ethyl adjacent to an activating group) is 1. The number of carbonyl (C=O) groups excluding carboxylic acids is 1. The van der Waals surface area contributed by atoms with E-state index in [4.69, 9.17) is 4.74 Å². The van der Waals surface area contributed by atoms with Crippen molar-refractivity contribution in [1.29, 1.82) is 0 Å². The molecule has 1 aliphatic carbocycles. The summed E-state index contributed by atoms with van der Waals surface area (Å²) in [5.41, 5.74) is 1.84. The van der Waals surface area contributed by atoms with E-state index >= 15 is 0 Å². The quantitative estimate of drug-likeness (QED) is 0.813. The SMILES string of the molecule is Cc1cccc(C(=O)N2CCC3(CC2)C[C@@H](COCC2CC2)N(C)C3)n1. The number of pyridine rings is 1. The number of ether oxygens (including phenoxy) is 1. The number of carbonyl (C=O) groups is 1. The number of amides is 1. The first kappa shape index (κ1) is 17.9. The maximum atomic E-state index is 12.7. The lowest BCUT2D eigenvalue weighted by atomic mass is 9.76. The maximum Gasteiger partial charge on any atom is 0.272 e. The van der Waals surface area contributed by atoms with E-state index in [1.54, 1.807) is 0 Å². The van der Waals surface area contributed by atoms with E-state index in [2.05, 4.69) is 16.9 Å². The predicted octanol–water partition coefficient (Wildman–Crippen LogP) is 2.74. The van der Waals surface area contributed by atoms with Gasteiger partial charge in [0.1, 0.15) is 5.69 Å². The van der Waals surface area contributed by atoms with Crippen LogP contribution in [0.5, 0.6) is 0 Å². The summed E-state index contributed by atoms with van der Waals surface area (Å²) >= 11 is 0. The highest BCUT2D eigenvalue weighted by Crippen LogP contribution is 2.43. The molecule has 0 unspecified atom stereocenters. The summed E-state index contributed by atoms with van der Waals surface area (Å²) in [6, 6.07) is 6.21. The Kier molecular flexibility index (Phi) is 5.02. The van der Waals surface area contributed by atoms with Crippen molar-refractivity contribution in [3.05, 3.63) is 29.6 Å². The third kappa shape index (κ3) is 3.94. The summed E-state index contributed by atoms with van der Waals surface area (Å²) in [5, 5.41) is 0. The molecule has 1 amide bonds. The van der Waals surface area contributed by atoms with Crippen LogP contribution in [-0.4, -0.2) is 66.6 Å². The Morgan fingerprint density at radius 2 is 2.04 bits per heavy atom. The first-order valence-electron chi connectivity index (χ1n) is 10.1. The van der Waals surface area contributed by atoms with Gasteiger partial charge in [0.25, 0.3) is 5.91 Å². The second-order valence-electron chi connectivity index (χ2n) is 8.71. The Bertz CT molecular complexity index is 650. The average molecular weight is 357 g/mol. The normalized spacial score (nSPS) is 25.8. The molecule has 0 N–H and O–H groups in total. The molecular weight excluding hydrogens is 326 g/mol. The molecule has 1 aromatic heterocycles. The molecule has 2 aliphatic heterocycles. The topological polar surface area (TPSA) is 45.7 Å². The fourth-order valence-corrected chi connectivity index (χ4v) is 4.59. The second kappa shape index (κ2) is 7.28. The van der Waals surface area contributed by atoms with Crippen molar-refractivity contribution in [2.75, 3.05) is 39.9 Å². The largest absolute Gasteiger partial charge is 0.380 e. The highest BCUT2D eigenvalue weighted by Gasteiger charge is 2.45. The molecule has 5 nitrogen and oxygen atoms in total. The summed E-state index contributed by atoms with van der Waals surface area (Å²) in [5.74, 6) is 0.916. The smallest absolute Gasteiger partial charge is 0.272 e. The Balaban J connectivity index is 1.30. The van der Waals surface area contributed by atoms with Crippen molar-refractivity contribution in [3.63, 3.8) is 0 Å². The number of rotatable bonds is 5. The molecule has 26 heavy (non-hydrogen) atoms. The molecule has 142 valence electrons. The molecule has 5 heteroatoms. The Hall–Kier alpha value is -1.46. The van der Waals surface area contributed by atoms with E-state index < -0.39 is 0 Å². The molecule has 3 aliphatic rings. The second-order valence-corrected chi connectivity index (χ2v) is 8.71. The van der Waals surface area contributed by atoms with E-state index in [1.807, 2.05) is 30.0 Å². The number of aromatic nitrogens is 1. The van der Waals surface area contributed by atoms with Gasteiger partial charge in [0.05, 0.1) is 6.61 Å². The third-order valence-corrected chi connectivity index (χ3v) is 6.46. The summed E-state index contributed by atoms with van der Waals surface area (Å²) in [7, 11) is 2.23. The van der Waals surface area contributed by atoms with Gasteiger partial charge in [-0.05, 0) is 69.5 Å². The van der Waals surface area contributed by atoms with E-state index in [9.17, 15) is 4.79 Å². The predicted molar refractivity (Wildman–Crippen MR) is 101 cm³/mol. The van der Waals surface area contributed by atoms with Crippen molar-refractivity contribution >= 4 is 5.91 Å². The Morgan fingerprint density at radius 1 is 1.27 bits per heavy atom. The lowest BCUT2D eigenvalue weighted by molar-refractivity contribution is 0.0582. The summed E-state index contributed by atoms with van der Waals surface area (Å²) in [6.07, 6.45) is 6.09. The van der Waals surface area contributed by atoms with Crippen LogP contribution in [0, 0.1) is 18.3 Å². The van der Waals surface area contributed by atoms with Gasteiger partial charge in [-0.1, -0.05) is 6.07 Å². The van der Waals surface area contributed by atoms with Gasteiger partial charge in [-0.2, -0.15) is 0 Å². The molecule has 4 rings (SSSR count). The molecule has 3 heterocycles. The van der Waals surface area contributed by atoms with Crippen LogP contribution in [0.1, 0.15) is 48.3 Å². The molecule has 0 radical (unpaired) electrons. The number of hydrogen-bond donors (Lipinski definition) is 0. The zero-order chi connectivity index (χ0) is 18.1. The zero-order valence-corrected chi connectivity index (χ0v) is 16.1. The number of nitrogens with zero attached hydrogens (tertiary/aromatic N) is 3. The summed E-state index contributed by atoms with van der Waals surface area (Å²) in [6.45, 7) is 6.57. The van der Waals surface area contributed by atoms with Gasteiger partial charge < -0.3 is 14.5 Å². The minimum absolute atomic E-state index is 0.0826. The van der Waals surface area contributed by atoms with Crippen LogP contribution >= 0.6 is 0 Å².